The van der Waals surface area contributed by atoms with Crippen LogP contribution in [0.1, 0.15) is 30.6 Å². The third-order valence-electron chi connectivity index (χ3n) is 6.30. The monoisotopic (exact) mass is 466 g/mol. The van der Waals surface area contributed by atoms with Crippen molar-refractivity contribution in [1.82, 2.24) is 19.4 Å². The number of piperazine rings is 1. The van der Waals surface area contributed by atoms with E-state index in [9.17, 15) is 9.59 Å². The van der Waals surface area contributed by atoms with Gasteiger partial charge < -0.3 is 24.8 Å². The van der Waals surface area contributed by atoms with E-state index in [1.165, 1.54) is 10.9 Å². The normalized spacial score (nSPS) is 14.1. The molecule has 3 aromatic rings. The van der Waals surface area contributed by atoms with Gasteiger partial charge in [0.15, 0.2) is 5.78 Å². The number of rotatable bonds is 9. The van der Waals surface area contributed by atoms with Gasteiger partial charge >= 0.3 is 0 Å². The van der Waals surface area contributed by atoms with E-state index in [1.54, 1.807) is 31.4 Å². The number of methoxy groups -OCH3 is 1. The number of hydrogen-bond acceptors (Lipinski definition) is 7. The lowest BCUT2D eigenvalue weighted by molar-refractivity contribution is 0.0970. The zero-order valence-electron chi connectivity index (χ0n) is 20.4. The molecule has 0 aliphatic carbocycles. The molecule has 3 heterocycles. The number of carbonyl (C=O) groups is 1. The molecule has 0 saturated carbocycles. The van der Waals surface area contributed by atoms with Crippen LogP contribution in [0.2, 0.25) is 0 Å². The van der Waals surface area contributed by atoms with Crippen molar-refractivity contribution in [3.05, 3.63) is 46.5 Å². The van der Waals surface area contributed by atoms with Gasteiger partial charge in [-0.3, -0.25) is 14.2 Å². The summed E-state index contributed by atoms with van der Waals surface area (Å²) in [4.78, 5) is 33.7. The van der Waals surface area contributed by atoms with Crippen molar-refractivity contribution in [3.8, 4) is 5.75 Å². The average molecular weight is 467 g/mol. The molecule has 0 radical (unpaired) electrons. The number of fused-ring (bicyclic) bond motifs is 1. The second-order valence-electron chi connectivity index (χ2n) is 9.05. The van der Waals surface area contributed by atoms with Gasteiger partial charge in [-0.25, -0.2) is 4.98 Å². The summed E-state index contributed by atoms with van der Waals surface area (Å²) >= 11 is 0. The van der Waals surface area contributed by atoms with E-state index in [-0.39, 0.29) is 17.9 Å². The minimum Gasteiger partial charge on any atom is -0.497 e. The molecule has 182 valence electrons. The maximum atomic E-state index is 13.7. The number of Topliss-reactive ketones (excluding diaryl/α,β-unsaturated/α-hetero) is 1. The SMILES string of the molecule is CNc1c(N2CCNCC2)n(CCC(C)C)c2c(=O)n(CC(=O)c3cccc(OC)c3)cnc12. The van der Waals surface area contributed by atoms with Crippen LogP contribution in [0.3, 0.4) is 0 Å². The van der Waals surface area contributed by atoms with Gasteiger partial charge in [-0.15, -0.1) is 0 Å². The first-order valence-electron chi connectivity index (χ1n) is 11.9. The van der Waals surface area contributed by atoms with E-state index >= 15 is 0 Å². The minimum absolute atomic E-state index is 0.0812. The molecule has 2 aromatic heterocycles. The number of anilines is 2. The number of aromatic nitrogens is 3. The van der Waals surface area contributed by atoms with Crippen molar-refractivity contribution < 1.29 is 9.53 Å². The van der Waals surface area contributed by atoms with Gasteiger partial charge in [0.25, 0.3) is 5.56 Å². The van der Waals surface area contributed by atoms with Crippen molar-refractivity contribution in [1.29, 1.82) is 0 Å². The van der Waals surface area contributed by atoms with Crippen LogP contribution in [0.25, 0.3) is 11.0 Å². The lowest BCUT2D eigenvalue weighted by Gasteiger charge is -2.31. The highest BCUT2D eigenvalue weighted by atomic mass is 16.5. The molecule has 9 nitrogen and oxygen atoms in total. The molecule has 1 aliphatic rings. The maximum Gasteiger partial charge on any atom is 0.278 e. The number of benzene rings is 1. The molecule has 4 rings (SSSR count). The Kier molecular flexibility index (Phi) is 7.21. The molecule has 1 aromatic carbocycles. The van der Waals surface area contributed by atoms with Gasteiger partial charge in [-0.05, 0) is 24.5 Å². The van der Waals surface area contributed by atoms with Gasteiger partial charge in [0.05, 0.1) is 20.0 Å². The van der Waals surface area contributed by atoms with Crippen LogP contribution in [-0.2, 0) is 13.1 Å². The Morgan fingerprint density at radius 3 is 2.71 bits per heavy atom. The Morgan fingerprint density at radius 2 is 2.03 bits per heavy atom. The maximum absolute atomic E-state index is 13.7. The first kappa shape index (κ1) is 23.8. The number of nitrogens with one attached hydrogen (secondary N) is 2. The molecular formula is C25H34N6O3. The number of carbonyl (C=O) groups excluding carboxylic acids is 1. The highest BCUT2D eigenvalue weighted by molar-refractivity contribution is 5.98. The summed E-state index contributed by atoms with van der Waals surface area (Å²) in [5.74, 6) is 1.92. The quantitative estimate of drug-likeness (QED) is 0.468. The zero-order chi connectivity index (χ0) is 24.2. The van der Waals surface area contributed by atoms with Crippen molar-refractivity contribution in [2.75, 3.05) is 50.6 Å². The summed E-state index contributed by atoms with van der Waals surface area (Å²) in [5.41, 5.74) is 2.35. The van der Waals surface area contributed by atoms with Crippen molar-refractivity contribution in [2.24, 2.45) is 5.92 Å². The molecule has 1 fully saturated rings. The molecule has 0 bridgehead atoms. The van der Waals surface area contributed by atoms with E-state index < -0.39 is 0 Å². The molecule has 0 spiro atoms. The summed E-state index contributed by atoms with van der Waals surface area (Å²) < 4.78 is 8.75. The number of hydrogen-bond donors (Lipinski definition) is 2. The standard InChI is InChI=1S/C25H34N6O3/c1-17(2)8-11-31-23-21(22(26-3)24(31)29-12-9-27-10-13-29)28-16-30(25(23)33)15-20(32)18-6-5-7-19(14-18)34-4/h5-7,14,16-17,26-27H,8-13,15H2,1-4H3. The van der Waals surface area contributed by atoms with Crippen LogP contribution in [0, 0.1) is 5.92 Å². The number of aryl methyl sites for hydroxylation is 1. The lowest BCUT2D eigenvalue weighted by Crippen LogP contribution is -2.44. The first-order valence-corrected chi connectivity index (χ1v) is 11.9. The molecule has 0 atom stereocenters. The predicted octanol–water partition coefficient (Wildman–Crippen LogP) is 2.59. The summed E-state index contributed by atoms with van der Waals surface area (Å²) in [6.45, 7) is 8.48. The Balaban J connectivity index is 1.80. The van der Waals surface area contributed by atoms with Crippen LogP contribution in [0.5, 0.6) is 5.75 Å². The highest BCUT2D eigenvalue weighted by Crippen LogP contribution is 2.35. The lowest BCUT2D eigenvalue weighted by atomic mass is 10.1. The zero-order valence-corrected chi connectivity index (χ0v) is 20.4. The van der Waals surface area contributed by atoms with E-state index in [1.807, 2.05) is 7.05 Å². The van der Waals surface area contributed by atoms with Gasteiger partial charge in [0.1, 0.15) is 28.3 Å². The second-order valence-corrected chi connectivity index (χ2v) is 9.05. The van der Waals surface area contributed by atoms with Crippen LogP contribution in [0.4, 0.5) is 11.5 Å². The number of nitrogens with zero attached hydrogens (tertiary/aromatic N) is 4. The largest absolute Gasteiger partial charge is 0.497 e. The number of ether oxygens (including phenoxy) is 1. The van der Waals surface area contributed by atoms with Crippen molar-refractivity contribution >= 4 is 28.3 Å². The van der Waals surface area contributed by atoms with Gasteiger partial charge in [0, 0.05) is 45.3 Å². The highest BCUT2D eigenvalue weighted by Gasteiger charge is 2.26. The van der Waals surface area contributed by atoms with Crippen LogP contribution in [0.15, 0.2) is 35.4 Å². The fourth-order valence-corrected chi connectivity index (χ4v) is 4.45. The second kappa shape index (κ2) is 10.3. The topological polar surface area (TPSA) is 93.4 Å². The van der Waals surface area contributed by atoms with Crippen molar-refractivity contribution in [2.45, 2.75) is 33.4 Å². The molecular weight excluding hydrogens is 432 g/mol. The Bertz CT molecular complexity index is 1220. The van der Waals surface area contributed by atoms with E-state index in [0.29, 0.717) is 34.8 Å². The number of ketones is 1. The van der Waals surface area contributed by atoms with Crippen molar-refractivity contribution in [3.63, 3.8) is 0 Å². The van der Waals surface area contributed by atoms with E-state index in [2.05, 4.69) is 38.9 Å². The van der Waals surface area contributed by atoms with Crippen LogP contribution < -0.4 is 25.8 Å². The molecule has 0 amide bonds. The summed E-state index contributed by atoms with van der Waals surface area (Å²) in [6, 6.07) is 6.97. The summed E-state index contributed by atoms with van der Waals surface area (Å²) in [6.07, 6.45) is 2.42. The Labute approximate surface area is 199 Å². The third kappa shape index (κ3) is 4.65. The molecule has 1 aliphatic heterocycles. The Morgan fingerprint density at radius 1 is 1.26 bits per heavy atom. The molecule has 9 heteroatoms. The Hall–Kier alpha value is -3.33. The molecule has 34 heavy (non-hydrogen) atoms. The summed E-state index contributed by atoms with van der Waals surface area (Å²) in [5, 5.41) is 6.69. The van der Waals surface area contributed by atoms with Crippen LogP contribution in [-0.4, -0.2) is 60.2 Å². The third-order valence-corrected chi connectivity index (χ3v) is 6.30. The predicted molar refractivity (Wildman–Crippen MR) is 135 cm³/mol. The first-order chi connectivity index (χ1) is 16.4. The molecule has 2 N–H and O–H groups in total. The van der Waals surface area contributed by atoms with Gasteiger partial charge in [-0.1, -0.05) is 26.0 Å². The molecule has 0 unspecified atom stereocenters. The van der Waals surface area contributed by atoms with E-state index in [0.717, 1.165) is 44.1 Å². The summed E-state index contributed by atoms with van der Waals surface area (Å²) in [7, 11) is 3.43. The fourth-order valence-electron chi connectivity index (χ4n) is 4.45. The van der Waals surface area contributed by atoms with Gasteiger partial charge in [0.2, 0.25) is 0 Å². The fraction of sp³-hybridized carbons (Fsp3) is 0.480. The van der Waals surface area contributed by atoms with Crippen LogP contribution >= 0.6 is 0 Å². The van der Waals surface area contributed by atoms with E-state index in [4.69, 9.17) is 4.74 Å². The van der Waals surface area contributed by atoms with Gasteiger partial charge in [-0.2, -0.15) is 0 Å². The molecule has 1 saturated heterocycles. The smallest absolute Gasteiger partial charge is 0.278 e. The minimum atomic E-state index is -0.206. The average Bonchev–Trinajstić information content (AvgIpc) is 3.18.